The molecule has 0 aromatic heterocycles. The Morgan fingerprint density at radius 1 is 1.62 bits per heavy atom. The number of rotatable bonds is 0. The van der Waals surface area contributed by atoms with Gasteiger partial charge in [0.15, 0.2) is 0 Å². The summed E-state index contributed by atoms with van der Waals surface area (Å²) in [5, 5.41) is 0. The van der Waals surface area contributed by atoms with Crippen molar-refractivity contribution in [3.8, 4) is 0 Å². The summed E-state index contributed by atoms with van der Waals surface area (Å²) in [6.45, 7) is 0. The summed E-state index contributed by atoms with van der Waals surface area (Å²) in [6.07, 6.45) is 2.23. The van der Waals surface area contributed by atoms with Gasteiger partial charge >= 0.3 is 58.1 Å². The number of halogens is 1. The van der Waals surface area contributed by atoms with Crippen molar-refractivity contribution in [3.05, 3.63) is 23.1 Å². The van der Waals surface area contributed by atoms with Gasteiger partial charge < -0.3 is 0 Å². The predicted octanol–water partition coefficient (Wildman–Crippen LogP) is -2.29. The molecule has 1 heteroatoms. The van der Waals surface area contributed by atoms with E-state index >= 15 is 0 Å². The molecule has 0 radical (unpaired) electrons. The standard InChI is InChI=1S/C7H4I/c1-2-4-6-5(3-1)8-7(4)6/h3,5-7H/q-1. The molecule has 3 aliphatic rings. The number of fused-ring (bicyclic) bond motifs is 1. The van der Waals surface area contributed by atoms with Crippen molar-refractivity contribution in [1.82, 2.24) is 0 Å². The second kappa shape index (κ2) is 0.995. The van der Waals surface area contributed by atoms with Gasteiger partial charge in [-0.3, -0.25) is 0 Å². The minimum absolute atomic E-state index is 0.541. The van der Waals surface area contributed by atoms with Crippen LogP contribution in [0.3, 0.4) is 0 Å². The first kappa shape index (κ1) is 3.94. The summed E-state index contributed by atoms with van der Waals surface area (Å²) in [5.41, 5.74) is 7.89. The monoisotopic (exact) mass is 215 g/mol. The fraction of sp³-hybridized carbons (Fsp3) is 0.429. The van der Waals surface area contributed by atoms with Gasteiger partial charge in [0.2, 0.25) is 0 Å². The Kier molecular flexibility index (Phi) is 0.491. The quantitative estimate of drug-likeness (QED) is 0.242. The van der Waals surface area contributed by atoms with E-state index < -0.39 is 0 Å². The predicted molar refractivity (Wildman–Crippen MR) is 26.2 cm³/mol. The van der Waals surface area contributed by atoms with Crippen molar-refractivity contribution < 1.29 is 21.2 Å². The maximum absolute atomic E-state index is 3.19. The molecule has 0 amide bonds. The summed E-state index contributed by atoms with van der Waals surface area (Å²) < 4.78 is 2.07. The van der Waals surface area contributed by atoms with Gasteiger partial charge in [0, 0.05) is 0 Å². The molecule has 0 bridgehead atoms. The molecule has 8 heavy (non-hydrogen) atoms. The number of hydrogen-bond donors (Lipinski definition) is 0. The minimum atomic E-state index is 0.541. The molecule has 40 valence electrons. The van der Waals surface area contributed by atoms with Crippen molar-refractivity contribution in [2.45, 2.75) is 7.85 Å². The van der Waals surface area contributed by atoms with Crippen LogP contribution in [0.5, 0.6) is 0 Å². The van der Waals surface area contributed by atoms with Gasteiger partial charge in [-0.15, -0.1) is 0 Å². The van der Waals surface area contributed by atoms with Crippen molar-refractivity contribution >= 4 is 0 Å². The first-order valence-corrected chi connectivity index (χ1v) is 5.29. The van der Waals surface area contributed by atoms with Gasteiger partial charge in [-0.05, 0) is 0 Å². The third-order valence-corrected chi connectivity index (χ3v) is 6.13. The average Bonchev–Trinajstić information content (AvgIpc) is 2.33. The molecule has 1 saturated heterocycles. The molecule has 0 aromatic carbocycles. The van der Waals surface area contributed by atoms with E-state index in [1.807, 2.05) is 0 Å². The first-order chi connectivity index (χ1) is 3.97. The van der Waals surface area contributed by atoms with Gasteiger partial charge in [0.05, 0.1) is 0 Å². The van der Waals surface area contributed by atoms with E-state index in [4.69, 9.17) is 0 Å². The Morgan fingerprint density at radius 2 is 2.62 bits per heavy atom. The summed E-state index contributed by atoms with van der Waals surface area (Å²) in [7, 11) is 0. The molecule has 3 unspecified atom stereocenters. The molecule has 3 atom stereocenters. The zero-order valence-corrected chi connectivity index (χ0v) is 6.34. The number of hydrogen-bond acceptors (Lipinski definition) is 0. The molecule has 3 rings (SSSR count). The molecule has 0 aromatic rings. The molecule has 1 aliphatic heterocycles. The van der Waals surface area contributed by atoms with Gasteiger partial charge in [0.25, 0.3) is 0 Å². The average molecular weight is 215 g/mol. The van der Waals surface area contributed by atoms with Crippen molar-refractivity contribution in [2.24, 2.45) is 5.92 Å². The Balaban J connectivity index is 2.41. The van der Waals surface area contributed by atoms with E-state index in [0.29, 0.717) is 21.2 Å². The molecule has 1 saturated carbocycles. The summed E-state index contributed by atoms with van der Waals surface area (Å²) in [6, 6.07) is 0. The third-order valence-electron chi connectivity index (χ3n) is 1.95. The topological polar surface area (TPSA) is 0 Å². The van der Waals surface area contributed by atoms with Crippen LogP contribution in [0.2, 0.25) is 0 Å². The number of allylic oxidation sites excluding steroid dienone is 2. The SMILES string of the molecule is C1=C=C2C3[I-]C(C=1)C23. The molecule has 0 spiro atoms. The van der Waals surface area contributed by atoms with E-state index in [2.05, 4.69) is 17.5 Å². The van der Waals surface area contributed by atoms with Crippen molar-refractivity contribution in [2.75, 3.05) is 0 Å². The van der Waals surface area contributed by atoms with Gasteiger partial charge in [0.1, 0.15) is 0 Å². The zero-order valence-electron chi connectivity index (χ0n) is 4.19. The van der Waals surface area contributed by atoms with Crippen LogP contribution in [-0.4, -0.2) is 7.85 Å². The Bertz CT molecular complexity index is 252. The van der Waals surface area contributed by atoms with Crippen molar-refractivity contribution in [1.29, 1.82) is 0 Å². The van der Waals surface area contributed by atoms with Crippen LogP contribution >= 0.6 is 0 Å². The van der Waals surface area contributed by atoms with Crippen LogP contribution in [0.4, 0.5) is 0 Å². The van der Waals surface area contributed by atoms with Crippen LogP contribution in [0, 0.1) is 5.92 Å². The maximum atomic E-state index is 3.19. The zero-order chi connectivity index (χ0) is 5.14. The van der Waals surface area contributed by atoms with Gasteiger partial charge in [-0.25, -0.2) is 0 Å². The Hall–Kier alpha value is 0.0300. The molecule has 0 N–H and O–H groups in total. The van der Waals surface area contributed by atoms with Crippen LogP contribution in [0.1, 0.15) is 0 Å². The third kappa shape index (κ3) is 0.264. The van der Waals surface area contributed by atoms with Gasteiger partial charge in [-0.1, -0.05) is 0 Å². The Morgan fingerprint density at radius 3 is 3.38 bits per heavy atom. The van der Waals surface area contributed by atoms with E-state index in [1.54, 1.807) is 5.57 Å². The first-order valence-electron chi connectivity index (χ1n) is 2.80. The van der Waals surface area contributed by atoms with E-state index in [1.165, 1.54) is 0 Å². The molecule has 2 fully saturated rings. The summed E-state index contributed by atoms with van der Waals surface area (Å²) >= 11 is 0.541. The van der Waals surface area contributed by atoms with Gasteiger partial charge in [-0.2, -0.15) is 0 Å². The fourth-order valence-corrected chi connectivity index (χ4v) is 5.23. The number of alkyl halides is 2. The fourth-order valence-electron chi connectivity index (χ4n) is 1.38. The second-order valence-corrected chi connectivity index (χ2v) is 5.89. The van der Waals surface area contributed by atoms with E-state index in [9.17, 15) is 0 Å². The van der Waals surface area contributed by atoms with Crippen LogP contribution < -0.4 is 21.2 Å². The van der Waals surface area contributed by atoms with Crippen LogP contribution in [0.25, 0.3) is 0 Å². The molecular weight excluding hydrogens is 211 g/mol. The van der Waals surface area contributed by atoms with Crippen molar-refractivity contribution in [3.63, 3.8) is 0 Å². The second-order valence-electron chi connectivity index (χ2n) is 2.39. The molecule has 0 nitrogen and oxygen atoms in total. The van der Waals surface area contributed by atoms with Crippen LogP contribution in [0.15, 0.2) is 23.1 Å². The summed E-state index contributed by atoms with van der Waals surface area (Å²) in [5.74, 6) is 1.00. The summed E-state index contributed by atoms with van der Waals surface area (Å²) in [4.78, 5) is 0. The van der Waals surface area contributed by atoms with E-state index in [0.717, 1.165) is 13.8 Å². The normalized spacial score (nSPS) is 53.0. The Labute approximate surface area is 58.2 Å². The van der Waals surface area contributed by atoms with E-state index in [-0.39, 0.29) is 0 Å². The van der Waals surface area contributed by atoms with Crippen LogP contribution in [-0.2, 0) is 0 Å². The molecule has 1 heterocycles. The molecule has 2 aliphatic carbocycles. The molecular formula is C7H4I-.